The second-order valence-electron chi connectivity index (χ2n) is 7.63. The van der Waals surface area contributed by atoms with Crippen LogP contribution in [-0.2, 0) is 17.6 Å². The van der Waals surface area contributed by atoms with Crippen LogP contribution in [0.25, 0.3) is 10.8 Å². The van der Waals surface area contributed by atoms with E-state index in [2.05, 4.69) is 17.4 Å². The Kier molecular flexibility index (Phi) is 5.71. The molecule has 1 aliphatic rings. The van der Waals surface area contributed by atoms with Crippen molar-refractivity contribution in [2.75, 3.05) is 20.2 Å². The summed E-state index contributed by atoms with van der Waals surface area (Å²) in [5, 5.41) is 4.96. The molecule has 0 saturated heterocycles. The number of rotatable bonds is 7. The van der Waals surface area contributed by atoms with Crippen molar-refractivity contribution in [3.05, 3.63) is 76.9 Å². The standard InChI is InChI=1S/C25H24N2O4/c1-16(28)26-11-9-19-14-17(13-18-7-8-20(31-2)15-23(18)19)10-12-27-24(29)21-5-3-4-6-22(21)25(27)30/h3-8,13-15H,9-12H2,1-2H3,(H,26,28). The van der Waals surface area contributed by atoms with Crippen LogP contribution < -0.4 is 10.1 Å². The number of amides is 3. The second-order valence-corrected chi connectivity index (χ2v) is 7.63. The van der Waals surface area contributed by atoms with Crippen LogP contribution in [0.5, 0.6) is 5.75 Å². The average Bonchev–Trinajstić information content (AvgIpc) is 3.01. The van der Waals surface area contributed by atoms with Crippen molar-refractivity contribution in [3.8, 4) is 5.75 Å². The summed E-state index contributed by atoms with van der Waals surface area (Å²) in [4.78, 5) is 37.9. The normalized spacial score (nSPS) is 12.9. The first-order valence-corrected chi connectivity index (χ1v) is 10.3. The Balaban J connectivity index is 1.58. The Morgan fingerprint density at radius 2 is 1.68 bits per heavy atom. The van der Waals surface area contributed by atoms with E-state index in [1.54, 1.807) is 31.4 Å². The van der Waals surface area contributed by atoms with Gasteiger partial charge >= 0.3 is 0 Å². The highest BCUT2D eigenvalue weighted by atomic mass is 16.5. The molecule has 4 rings (SSSR count). The van der Waals surface area contributed by atoms with Crippen molar-refractivity contribution in [1.29, 1.82) is 0 Å². The number of nitrogens with one attached hydrogen (secondary N) is 1. The van der Waals surface area contributed by atoms with Crippen LogP contribution in [0.15, 0.2) is 54.6 Å². The summed E-state index contributed by atoms with van der Waals surface area (Å²) in [7, 11) is 1.63. The molecule has 0 radical (unpaired) electrons. The summed E-state index contributed by atoms with van der Waals surface area (Å²) >= 11 is 0. The molecule has 6 heteroatoms. The zero-order valence-electron chi connectivity index (χ0n) is 17.6. The molecular weight excluding hydrogens is 392 g/mol. The van der Waals surface area contributed by atoms with Gasteiger partial charge in [-0.3, -0.25) is 19.3 Å². The maximum Gasteiger partial charge on any atom is 0.261 e. The van der Waals surface area contributed by atoms with Gasteiger partial charge in [-0.2, -0.15) is 0 Å². The monoisotopic (exact) mass is 416 g/mol. The van der Waals surface area contributed by atoms with Crippen molar-refractivity contribution in [3.63, 3.8) is 0 Å². The molecule has 0 spiro atoms. The van der Waals surface area contributed by atoms with E-state index in [0.29, 0.717) is 37.1 Å². The largest absolute Gasteiger partial charge is 0.497 e. The number of benzene rings is 3. The number of hydrogen-bond acceptors (Lipinski definition) is 4. The Morgan fingerprint density at radius 3 is 2.32 bits per heavy atom. The molecule has 0 unspecified atom stereocenters. The number of methoxy groups -OCH3 is 1. The van der Waals surface area contributed by atoms with Gasteiger partial charge in [-0.25, -0.2) is 0 Å². The molecule has 0 fully saturated rings. The summed E-state index contributed by atoms with van der Waals surface area (Å²) in [6.07, 6.45) is 1.23. The third kappa shape index (κ3) is 4.14. The van der Waals surface area contributed by atoms with Crippen LogP contribution in [0, 0.1) is 0 Å². The maximum atomic E-state index is 12.6. The fraction of sp³-hybridized carbons (Fsp3) is 0.240. The number of carbonyl (C=O) groups excluding carboxylic acids is 3. The van der Waals surface area contributed by atoms with Crippen molar-refractivity contribution in [2.24, 2.45) is 0 Å². The molecule has 0 atom stereocenters. The SMILES string of the molecule is COc1ccc2cc(CCN3C(=O)c4ccccc4C3=O)cc(CCNC(C)=O)c2c1. The Morgan fingerprint density at radius 1 is 0.968 bits per heavy atom. The molecule has 0 saturated carbocycles. The molecule has 1 heterocycles. The van der Waals surface area contributed by atoms with E-state index in [1.165, 1.54) is 11.8 Å². The lowest BCUT2D eigenvalue weighted by molar-refractivity contribution is -0.118. The van der Waals surface area contributed by atoms with Gasteiger partial charge in [0.2, 0.25) is 5.91 Å². The molecule has 3 aromatic carbocycles. The molecule has 3 aromatic rings. The fourth-order valence-electron chi connectivity index (χ4n) is 4.02. The van der Waals surface area contributed by atoms with Crippen LogP contribution in [0.4, 0.5) is 0 Å². The highest BCUT2D eigenvalue weighted by molar-refractivity contribution is 6.21. The van der Waals surface area contributed by atoms with Gasteiger partial charge in [-0.1, -0.05) is 30.3 Å². The topological polar surface area (TPSA) is 75.7 Å². The van der Waals surface area contributed by atoms with Crippen LogP contribution >= 0.6 is 0 Å². The zero-order valence-corrected chi connectivity index (χ0v) is 17.6. The summed E-state index contributed by atoms with van der Waals surface area (Å²) in [5.74, 6) is 0.227. The quantitative estimate of drug-likeness (QED) is 0.599. The van der Waals surface area contributed by atoms with E-state index in [-0.39, 0.29) is 17.7 Å². The fourth-order valence-corrected chi connectivity index (χ4v) is 4.02. The van der Waals surface area contributed by atoms with E-state index in [9.17, 15) is 14.4 Å². The average molecular weight is 416 g/mol. The van der Waals surface area contributed by atoms with Crippen molar-refractivity contribution in [2.45, 2.75) is 19.8 Å². The number of imide groups is 1. The zero-order chi connectivity index (χ0) is 22.0. The number of hydrogen-bond donors (Lipinski definition) is 1. The van der Waals surface area contributed by atoms with Crippen molar-refractivity contribution in [1.82, 2.24) is 10.2 Å². The first kappa shape index (κ1) is 20.6. The van der Waals surface area contributed by atoms with E-state index in [1.807, 2.05) is 18.2 Å². The minimum Gasteiger partial charge on any atom is -0.497 e. The van der Waals surface area contributed by atoms with Crippen molar-refractivity contribution >= 4 is 28.5 Å². The number of ether oxygens (including phenoxy) is 1. The molecule has 1 aliphatic heterocycles. The molecule has 31 heavy (non-hydrogen) atoms. The minimum absolute atomic E-state index is 0.0661. The molecule has 0 aliphatic carbocycles. The highest BCUT2D eigenvalue weighted by Gasteiger charge is 2.34. The van der Waals surface area contributed by atoms with Gasteiger partial charge in [0, 0.05) is 20.0 Å². The van der Waals surface area contributed by atoms with Gasteiger partial charge < -0.3 is 10.1 Å². The molecule has 6 nitrogen and oxygen atoms in total. The minimum atomic E-state index is -0.239. The maximum absolute atomic E-state index is 12.6. The third-order valence-corrected chi connectivity index (χ3v) is 5.58. The van der Waals surface area contributed by atoms with Crippen LogP contribution in [0.3, 0.4) is 0 Å². The lowest BCUT2D eigenvalue weighted by atomic mass is 9.97. The number of carbonyl (C=O) groups is 3. The second kappa shape index (κ2) is 8.60. The molecule has 0 aromatic heterocycles. The van der Waals surface area contributed by atoms with E-state index in [0.717, 1.165) is 27.6 Å². The predicted molar refractivity (Wildman–Crippen MR) is 118 cm³/mol. The summed E-state index contributed by atoms with van der Waals surface area (Å²) in [6.45, 7) is 2.35. The smallest absolute Gasteiger partial charge is 0.261 e. The highest BCUT2D eigenvalue weighted by Crippen LogP contribution is 2.27. The van der Waals surface area contributed by atoms with Crippen LogP contribution in [0.1, 0.15) is 38.8 Å². The summed E-state index contributed by atoms with van der Waals surface area (Å²) in [6, 6.07) is 17.0. The Bertz CT molecular complexity index is 1150. The van der Waals surface area contributed by atoms with E-state index >= 15 is 0 Å². The molecule has 1 N–H and O–H groups in total. The third-order valence-electron chi connectivity index (χ3n) is 5.58. The number of nitrogens with zero attached hydrogens (tertiary/aromatic N) is 1. The molecule has 158 valence electrons. The van der Waals surface area contributed by atoms with Crippen LogP contribution in [-0.4, -0.2) is 42.8 Å². The van der Waals surface area contributed by atoms with Gasteiger partial charge in [0.25, 0.3) is 11.8 Å². The van der Waals surface area contributed by atoms with Gasteiger partial charge in [0.15, 0.2) is 0 Å². The van der Waals surface area contributed by atoms with Gasteiger partial charge in [0.1, 0.15) is 5.75 Å². The first-order valence-electron chi connectivity index (χ1n) is 10.3. The van der Waals surface area contributed by atoms with E-state index < -0.39 is 0 Å². The van der Waals surface area contributed by atoms with Gasteiger partial charge in [-0.15, -0.1) is 0 Å². The van der Waals surface area contributed by atoms with Gasteiger partial charge in [-0.05, 0) is 59.0 Å². The molecule has 3 amide bonds. The summed E-state index contributed by atoms with van der Waals surface area (Å²) in [5.41, 5.74) is 3.05. The Labute approximate surface area is 180 Å². The van der Waals surface area contributed by atoms with Crippen LogP contribution in [0.2, 0.25) is 0 Å². The lowest BCUT2D eigenvalue weighted by Crippen LogP contribution is -2.31. The molecular formula is C25H24N2O4. The molecule has 0 bridgehead atoms. The predicted octanol–water partition coefficient (Wildman–Crippen LogP) is 3.37. The first-order chi connectivity index (χ1) is 15.0. The summed E-state index contributed by atoms with van der Waals surface area (Å²) < 4.78 is 5.37. The Hall–Kier alpha value is -3.67. The lowest BCUT2D eigenvalue weighted by Gasteiger charge is -2.16. The van der Waals surface area contributed by atoms with E-state index in [4.69, 9.17) is 4.74 Å². The number of fused-ring (bicyclic) bond motifs is 2. The van der Waals surface area contributed by atoms with Gasteiger partial charge in [0.05, 0.1) is 18.2 Å². The van der Waals surface area contributed by atoms with Crippen molar-refractivity contribution < 1.29 is 19.1 Å².